The number of hydrogen-bond donors (Lipinski definition) is 2. The molecule has 1 aromatic carbocycles. The van der Waals surface area contributed by atoms with Crippen LogP contribution in [0.1, 0.15) is 23.6 Å². The van der Waals surface area contributed by atoms with Gasteiger partial charge >= 0.3 is 0 Å². The number of amidine groups is 1. The Morgan fingerprint density at radius 1 is 1.22 bits per heavy atom. The largest absolute Gasteiger partial charge is 0.462 e. The van der Waals surface area contributed by atoms with Gasteiger partial charge in [0.25, 0.3) is 6.02 Å². The fourth-order valence-corrected chi connectivity index (χ4v) is 4.18. The van der Waals surface area contributed by atoms with Crippen molar-refractivity contribution in [3.05, 3.63) is 59.5 Å². The predicted octanol–water partition coefficient (Wildman–Crippen LogP) is 3.53. The number of fused-ring (bicyclic) bond motifs is 1. The molecule has 7 nitrogen and oxygen atoms in total. The van der Waals surface area contributed by atoms with Crippen molar-refractivity contribution in [2.24, 2.45) is 4.99 Å². The van der Waals surface area contributed by atoms with Crippen LogP contribution in [0.5, 0.6) is 0 Å². The van der Waals surface area contributed by atoms with E-state index >= 15 is 0 Å². The number of aryl methyl sites for hydroxylation is 1. The molecule has 0 aliphatic carbocycles. The van der Waals surface area contributed by atoms with Gasteiger partial charge in [-0.05, 0) is 31.2 Å². The van der Waals surface area contributed by atoms with Crippen LogP contribution < -0.4 is 10.2 Å². The molecule has 2 aliphatic heterocycles. The van der Waals surface area contributed by atoms with E-state index in [2.05, 4.69) is 15.3 Å². The van der Waals surface area contributed by atoms with Gasteiger partial charge in [-0.3, -0.25) is 4.98 Å². The molecule has 0 saturated carbocycles. The Hall–Kier alpha value is -3.33. The maximum absolute atomic E-state index is 14.6. The molecule has 1 saturated heterocycles. The first kappa shape index (κ1) is 20.6. The lowest BCUT2D eigenvalue weighted by molar-refractivity contribution is 0.0950. The summed E-state index contributed by atoms with van der Waals surface area (Å²) in [6.45, 7) is 2.43. The van der Waals surface area contributed by atoms with Crippen LogP contribution >= 0.6 is 0 Å². The van der Waals surface area contributed by atoms with E-state index < -0.39 is 18.3 Å². The highest BCUT2D eigenvalue weighted by atomic mass is 19.1. The predicted molar refractivity (Wildman–Crippen MR) is 118 cm³/mol. The van der Waals surface area contributed by atoms with E-state index in [1.54, 1.807) is 30.5 Å². The summed E-state index contributed by atoms with van der Waals surface area (Å²) in [5, 5.41) is 12.6. The maximum Gasteiger partial charge on any atom is 0.289 e. The Morgan fingerprint density at radius 2 is 2.09 bits per heavy atom. The van der Waals surface area contributed by atoms with Gasteiger partial charge in [-0.25, -0.2) is 18.8 Å². The minimum atomic E-state index is -1.08. The Labute approximate surface area is 183 Å². The normalized spacial score (nSPS) is 23.2. The quantitative estimate of drug-likeness (QED) is 0.650. The Balaban J connectivity index is 1.51. The molecule has 2 aliphatic rings. The second-order valence-corrected chi connectivity index (χ2v) is 8.16. The summed E-state index contributed by atoms with van der Waals surface area (Å²) >= 11 is 0. The van der Waals surface area contributed by atoms with Crippen molar-refractivity contribution in [1.29, 1.82) is 0 Å². The summed E-state index contributed by atoms with van der Waals surface area (Å²) < 4.78 is 34.5. The SMILES string of the molecule is Cc1ccc(F)c([C@H]2C[C@H](F)CN2c2ccc3nccc(NC4=NC[C@@H](O)CO4)c3n2)c1. The van der Waals surface area contributed by atoms with Crippen LogP contribution in [0.4, 0.5) is 20.3 Å². The highest BCUT2D eigenvalue weighted by Crippen LogP contribution is 2.38. The van der Waals surface area contributed by atoms with E-state index in [0.717, 1.165) is 5.56 Å². The van der Waals surface area contributed by atoms with Gasteiger partial charge in [0, 0.05) is 18.2 Å². The summed E-state index contributed by atoms with van der Waals surface area (Å²) in [7, 11) is 0. The van der Waals surface area contributed by atoms with Crippen LogP contribution in [-0.4, -0.2) is 53.1 Å². The first-order valence-corrected chi connectivity index (χ1v) is 10.5. The molecule has 0 unspecified atom stereocenters. The van der Waals surface area contributed by atoms with Crippen LogP contribution in [0.15, 0.2) is 47.6 Å². The number of benzene rings is 1. The number of nitrogens with zero attached hydrogens (tertiary/aromatic N) is 4. The topological polar surface area (TPSA) is 82.9 Å². The molecule has 166 valence electrons. The Kier molecular flexibility index (Phi) is 5.34. The molecule has 0 amide bonds. The van der Waals surface area contributed by atoms with E-state index in [1.165, 1.54) is 6.07 Å². The molecular formula is C23H23F2N5O2. The van der Waals surface area contributed by atoms with E-state index in [1.807, 2.05) is 17.9 Å². The average Bonchev–Trinajstić information content (AvgIpc) is 3.18. The highest BCUT2D eigenvalue weighted by Gasteiger charge is 2.35. The smallest absolute Gasteiger partial charge is 0.289 e. The van der Waals surface area contributed by atoms with Gasteiger partial charge < -0.3 is 20.1 Å². The van der Waals surface area contributed by atoms with Crippen LogP contribution in [-0.2, 0) is 4.74 Å². The minimum absolute atomic E-state index is 0.132. The van der Waals surface area contributed by atoms with Crippen molar-refractivity contribution in [2.45, 2.75) is 31.7 Å². The summed E-state index contributed by atoms with van der Waals surface area (Å²) in [5.41, 5.74) is 3.23. The van der Waals surface area contributed by atoms with Gasteiger partial charge in [-0.1, -0.05) is 17.7 Å². The maximum atomic E-state index is 14.6. The molecule has 5 rings (SSSR count). The fourth-order valence-electron chi connectivity index (χ4n) is 4.18. The second-order valence-electron chi connectivity index (χ2n) is 8.16. The van der Waals surface area contributed by atoms with E-state index in [0.29, 0.717) is 34.1 Å². The summed E-state index contributed by atoms with van der Waals surface area (Å²) in [6, 6.07) is 10.1. The van der Waals surface area contributed by atoms with Gasteiger partial charge in [0.05, 0.1) is 30.3 Å². The zero-order chi connectivity index (χ0) is 22.2. The molecular weight excluding hydrogens is 416 g/mol. The van der Waals surface area contributed by atoms with Gasteiger partial charge in [-0.2, -0.15) is 0 Å². The molecule has 2 aromatic heterocycles. The van der Waals surface area contributed by atoms with E-state index in [9.17, 15) is 13.9 Å². The Bertz CT molecular complexity index is 1190. The lowest BCUT2D eigenvalue weighted by Gasteiger charge is -2.26. The van der Waals surface area contributed by atoms with Gasteiger partial charge in [0.2, 0.25) is 0 Å². The van der Waals surface area contributed by atoms with Crippen LogP contribution in [0.2, 0.25) is 0 Å². The average molecular weight is 439 g/mol. The molecule has 32 heavy (non-hydrogen) atoms. The highest BCUT2D eigenvalue weighted by molar-refractivity contribution is 5.98. The van der Waals surface area contributed by atoms with Crippen molar-refractivity contribution in [3.8, 4) is 0 Å². The third kappa shape index (κ3) is 3.95. The van der Waals surface area contributed by atoms with Crippen molar-refractivity contribution < 1.29 is 18.6 Å². The standard InChI is InChI=1S/C23H23F2N5O2/c1-13-2-3-17(25)16(8-13)20-9-14(24)11-30(20)21-5-4-18-22(29-21)19(6-7-26-18)28-23-27-10-15(31)12-32-23/h2-8,14-15,20,31H,9-12H2,1H3,(H,26,27,28)/t14-,15+,20+/m0/s1. The van der Waals surface area contributed by atoms with Gasteiger partial charge in [0.15, 0.2) is 0 Å². The number of ether oxygens (including phenoxy) is 1. The van der Waals surface area contributed by atoms with Crippen LogP contribution in [0.25, 0.3) is 11.0 Å². The monoisotopic (exact) mass is 439 g/mol. The van der Waals surface area contributed by atoms with Crippen molar-refractivity contribution >= 4 is 28.6 Å². The van der Waals surface area contributed by atoms with Crippen molar-refractivity contribution in [3.63, 3.8) is 0 Å². The number of aliphatic hydroxyl groups excluding tert-OH is 1. The van der Waals surface area contributed by atoms with Gasteiger partial charge in [0.1, 0.15) is 36.0 Å². The minimum Gasteiger partial charge on any atom is -0.462 e. The van der Waals surface area contributed by atoms with Crippen LogP contribution in [0, 0.1) is 12.7 Å². The number of alkyl halides is 1. The third-order valence-electron chi connectivity index (χ3n) is 5.72. The van der Waals surface area contributed by atoms with Crippen molar-refractivity contribution in [1.82, 2.24) is 9.97 Å². The lowest BCUT2D eigenvalue weighted by Crippen LogP contribution is -2.31. The number of aromatic nitrogens is 2. The molecule has 0 radical (unpaired) electrons. The lowest BCUT2D eigenvalue weighted by atomic mass is 10.0. The van der Waals surface area contributed by atoms with Gasteiger partial charge in [-0.15, -0.1) is 0 Å². The molecule has 2 N–H and O–H groups in total. The zero-order valence-corrected chi connectivity index (χ0v) is 17.5. The number of aliphatic imine (C=N–C) groups is 1. The molecule has 0 spiro atoms. The number of halogens is 2. The van der Waals surface area contributed by atoms with Crippen molar-refractivity contribution in [2.75, 3.05) is 29.9 Å². The fraction of sp³-hybridized carbons (Fsp3) is 0.348. The number of hydrogen-bond acceptors (Lipinski definition) is 7. The first-order valence-electron chi connectivity index (χ1n) is 10.5. The third-order valence-corrected chi connectivity index (χ3v) is 5.72. The van der Waals surface area contributed by atoms with E-state index in [4.69, 9.17) is 9.72 Å². The molecule has 4 heterocycles. The zero-order valence-electron chi connectivity index (χ0n) is 17.5. The number of anilines is 2. The molecule has 0 bridgehead atoms. The first-order chi connectivity index (χ1) is 15.5. The molecule has 3 aromatic rings. The molecule has 9 heteroatoms. The van der Waals surface area contributed by atoms with E-state index in [-0.39, 0.29) is 31.9 Å². The second kappa shape index (κ2) is 8.31. The van der Waals surface area contributed by atoms with Crippen LogP contribution in [0.3, 0.4) is 0 Å². The molecule has 1 fully saturated rings. The number of aliphatic hydroxyl groups is 1. The summed E-state index contributed by atoms with van der Waals surface area (Å²) in [4.78, 5) is 15.1. The number of pyridine rings is 2. The summed E-state index contributed by atoms with van der Waals surface area (Å²) in [6.07, 6.45) is 0.135. The number of nitrogens with one attached hydrogen (secondary N) is 1. The Morgan fingerprint density at radius 3 is 2.91 bits per heavy atom. The number of rotatable bonds is 3. The molecule has 3 atom stereocenters. The summed E-state index contributed by atoms with van der Waals surface area (Å²) in [5.74, 6) is 0.195.